The number of carbonyl (C=O) groups is 1. The first-order valence-corrected chi connectivity index (χ1v) is 8.20. The van der Waals surface area contributed by atoms with Crippen LogP contribution in [0, 0.1) is 26.2 Å². The predicted octanol–water partition coefficient (Wildman–Crippen LogP) is 1.85. The standard InChI is InChI=1S/C17H26N4O/c1-12-13(2)19-15(14(3)18-12)10-21-9-7-17(11-21)6-5-8-20(4)16(17)22/h5-11H2,1-4H3. The van der Waals surface area contributed by atoms with E-state index in [9.17, 15) is 4.79 Å². The summed E-state index contributed by atoms with van der Waals surface area (Å²) in [5, 5.41) is 0. The molecule has 2 aliphatic rings. The number of rotatable bonds is 2. The average molecular weight is 302 g/mol. The molecular formula is C17H26N4O. The Balaban J connectivity index is 1.74. The second-order valence-corrected chi connectivity index (χ2v) is 7.00. The fourth-order valence-corrected chi connectivity index (χ4v) is 3.86. The maximum atomic E-state index is 12.6. The van der Waals surface area contributed by atoms with E-state index in [-0.39, 0.29) is 5.41 Å². The Morgan fingerprint density at radius 2 is 1.77 bits per heavy atom. The first-order chi connectivity index (χ1) is 10.4. The van der Waals surface area contributed by atoms with Crippen LogP contribution < -0.4 is 0 Å². The molecule has 0 aromatic carbocycles. The number of amides is 1. The number of nitrogens with zero attached hydrogens (tertiary/aromatic N) is 4. The van der Waals surface area contributed by atoms with Crippen molar-refractivity contribution in [3.63, 3.8) is 0 Å². The second-order valence-electron chi connectivity index (χ2n) is 7.00. The highest BCUT2D eigenvalue weighted by Crippen LogP contribution is 2.40. The molecule has 2 aliphatic heterocycles. The number of aromatic nitrogens is 2. The quantitative estimate of drug-likeness (QED) is 0.836. The molecule has 1 amide bonds. The van der Waals surface area contributed by atoms with E-state index in [1.165, 1.54) is 0 Å². The third-order valence-electron chi connectivity index (χ3n) is 5.33. The second kappa shape index (κ2) is 5.61. The van der Waals surface area contributed by atoms with E-state index >= 15 is 0 Å². The number of aryl methyl sites for hydroxylation is 3. The number of piperidine rings is 1. The van der Waals surface area contributed by atoms with Crippen LogP contribution in [0.15, 0.2) is 0 Å². The number of hydrogen-bond acceptors (Lipinski definition) is 4. The minimum atomic E-state index is -0.145. The first kappa shape index (κ1) is 15.4. The summed E-state index contributed by atoms with van der Waals surface area (Å²) in [7, 11) is 1.94. The molecule has 3 heterocycles. The Morgan fingerprint density at radius 3 is 2.55 bits per heavy atom. The highest BCUT2D eigenvalue weighted by atomic mass is 16.2. The molecule has 0 bridgehead atoms. The van der Waals surface area contributed by atoms with Gasteiger partial charge in [0.15, 0.2) is 0 Å². The zero-order valence-corrected chi connectivity index (χ0v) is 14.1. The van der Waals surface area contributed by atoms with Gasteiger partial charge in [-0.15, -0.1) is 0 Å². The zero-order valence-electron chi connectivity index (χ0n) is 14.1. The van der Waals surface area contributed by atoms with Crippen LogP contribution in [0.5, 0.6) is 0 Å². The molecule has 1 atom stereocenters. The smallest absolute Gasteiger partial charge is 0.229 e. The van der Waals surface area contributed by atoms with Crippen molar-refractivity contribution in [3.8, 4) is 0 Å². The molecule has 0 aliphatic carbocycles. The number of hydrogen-bond donors (Lipinski definition) is 0. The Kier molecular flexibility index (Phi) is 3.93. The molecule has 1 unspecified atom stereocenters. The summed E-state index contributed by atoms with van der Waals surface area (Å²) in [5.74, 6) is 0.337. The topological polar surface area (TPSA) is 49.3 Å². The number of likely N-dealkylation sites (tertiary alicyclic amines) is 2. The van der Waals surface area contributed by atoms with Crippen molar-refractivity contribution < 1.29 is 4.79 Å². The van der Waals surface area contributed by atoms with Crippen molar-refractivity contribution in [1.82, 2.24) is 19.8 Å². The van der Waals surface area contributed by atoms with Gasteiger partial charge in [-0.25, -0.2) is 0 Å². The lowest BCUT2D eigenvalue weighted by atomic mass is 9.78. The van der Waals surface area contributed by atoms with E-state index in [1.54, 1.807) is 0 Å². The van der Waals surface area contributed by atoms with Gasteiger partial charge in [0.2, 0.25) is 5.91 Å². The van der Waals surface area contributed by atoms with E-state index < -0.39 is 0 Å². The monoisotopic (exact) mass is 302 g/mol. The Hall–Kier alpha value is -1.49. The third-order valence-corrected chi connectivity index (χ3v) is 5.33. The van der Waals surface area contributed by atoms with Gasteiger partial charge in [-0.05, 0) is 46.6 Å². The van der Waals surface area contributed by atoms with Gasteiger partial charge in [-0.3, -0.25) is 19.7 Å². The summed E-state index contributed by atoms with van der Waals surface area (Å²) in [6.07, 6.45) is 3.14. The Bertz CT molecular complexity index is 601. The van der Waals surface area contributed by atoms with E-state index in [1.807, 2.05) is 32.7 Å². The molecule has 1 aromatic rings. The van der Waals surface area contributed by atoms with Crippen molar-refractivity contribution in [3.05, 3.63) is 22.8 Å². The van der Waals surface area contributed by atoms with Gasteiger partial charge in [0.25, 0.3) is 0 Å². The predicted molar refractivity (Wildman–Crippen MR) is 85.4 cm³/mol. The van der Waals surface area contributed by atoms with Gasteiger partial charge in [0.05, 0.1) is 28.2 Å². The third kappa shape index (κ3) is 2.62. The molecule has 120 valence electrons. The lowest BCUT2D eigenvalue weighted by Gasteiger charge is -2.37. The van der Waals surface area contributed by atoms with E-state index in [0.717, 1.165) is 68.2 Å². The largest absolute Gasteiger partial charge is 0.345 e. The summed E-state index contributed by atoms with van der Waals surface area (Å²) in [5.41, 5.74) is 3.92. The molecule has 1 aromatic heterocycles. The fraction of sp³-hybridized carbons (Fsp3) is 0.706. The molecule has 2 saturated heterocycles. The molecule has 0 radical (unpaired) electrons. The minimum Gasteiger partial charge on any atom is -0.345 e. The van der Waals surface area contributed by atoms with Crippen LogP contribution in [0.1, 0.15) is 42.0 Å². The molecule has 5 nitrogen and oxygen atoms in total. The van der Waals surface area contributed by atoms with Crippen LogP contribution in [0.25, 0.3) is 0 Å². The molecule has 0 N–H and O–H groups in total. The lowest BCUT2D eigenvalue weighted by Crippen LogP contribution is -2.48. The highest BCUT2D eigenvalue weighted by Gasteiger charge is 2.47. The van der Waals surface area contributed by atoms with Crippen molar-refractivity contribution in [2.24, 2.45) is 5.41 Å². The fourth-order valence-electron chi connectivity index (χ4n) is 3.86. The van der Waals surface area contributed by atoms with Gasteiger partial charge < -0.3 is 4.90 Å². The first-order valence-electron chi connectivity index (χ1n) is 8.20. The SMILES string of the molecule is Cc1nc(C)c(CN2CCC3(CCCN(C)C3=O)C2)nc1C. The maximum absolute atomic E-state index is 12.6. The molecule has 22 heavy (non-hydrogen) atoms. The zero-order chi connectivity index (χ0) is 15.9. The van der Waals surface area contributed by atoms with Crippen LogP contribution in [0.3, 0.4) is 0 Å². The molecule has 0 saturated carbocycles. The van der Waals surface area contributed by atoms with Crippen molar-refractivity contribution in [2.45, 2.75) is 46.6 Å². The van der Waals surface area contributed by atoms with Crippen LogP contribution in [-0.2, 0) is 11.3 Å². The average Bonchev–Trinajstić information content (AvgIpc) is 2.86. The molecular weight excluding hydrogens is 276 g/mol. The Morgan fingerprint density at radius 1 is 1.05 bits per heavy atom. The van der Waals surface area contributed by atoms with Gasteiger partial charge in [-0.2, -0.15) is 0 Å². The van der Waals surface area contributed by atoms with Gasteiger partial charge in [0.1, 0.15) is 0 Å². The van der Waals surface area contributed by atoms with Gasteiger partial charge in [0, 0.05) is 26.7 Å². The van der Waals surface area contributed by atoms with Crippen LogP contribution in [-0.4, -0.2) is 52.4 Å². The highest BCUT2D eigenvalue weighted by molar-refractivity contribution is 5.83. The minimum absolute atomic E-state index is 0.145. The van der Waals surface area contributed by atoms with Crippen LogP contribution >= 0.6 is 0 Å². The normalized spacial score (nSPS) is 26.2. The van der Waals surface area contributed by atoms with Crippen molar-refractivity contribution >= 4 is 5.91 Å². The summed E-state index contributed by atoms with van der Waals surface area (Å²) in [6, 6.07) is 0. The van der Waals surface area contributed by atoms with Gasteiger partial charge >= 0.3 is 0 Å². The maximum Gasteiger partial charge on any atom is 0.229 e. The van der Waals surface area contributed by atoms with E-state index in [0.29, 0.717) is 5.91 Å². The summed E-state index contributed by atoms with van der Waals surface area (Å²) >= 11 is 0. The molecule has 1 spiro atoms. The van der Waals surface area contributed by atoms with Crippen LogP contribution in [0.4, 0.5) is 0 Å². The summed E-state index contributed by atoms with van der Waals surface area (Å²) in [4.78, 5) is 26.2. The lowest BCUT2D eigenvalue weighted by molar-refractivity contribution is -0.143. The van der Waals surface area contributed by atoms with Crippen molar-refractivity contribution in [2.75, 3.05) is 26.7 Å². The van der Waals surface area contributed by atoms with Gasteiger partial charge in [-0.1, -0.05) is 0 Å². The van der Waals surface area contributed by atoms with E-state index in [2.05, 4.69) is 9.88 Å². The van der Waals surface area contributed by atoms with E-state index in [4.69, 9.17) is 4.98 Å². The summed E-state index contributed by atoms with van der Waals surface area (Å²) in [6.45, 7) is 9.59. The molecule has 5 heteroatoms. The molecule has 3 rings (SSSR count). The molecule has 2 fully saturated rings. The Labute approximate surface area is 132 Å². The number of carbonyl (C=O) groups excluding carboxylic acids is 1. The summed E-state index contributed by atoms with van der Waals surface area (Å²) < 4.78 is 0. The van der Waals surface area contributed by atoms with Crippen molar-refractivity contribution in [1.29, 1.82) is 0 Å². The van der Waals surface area contributed by atoms with Crippen LogP contribution in [0.2, 0.25) is 0 Å².